The summed E-state index contributed by atoms with van der Waals surface area (Å²) >= 11 is 3.06. The number of benzene rings is 1. The summed E-state index contributed by atoms with van der Waals surface area (Å²) in [5.74, 6) is -0.184. The third-order valence-electron chi connectivity index (χ3n) is 2.17. The molecule has 90 valence electrons. The Balaban J connectivity index is 2.10. The van der Waals surface area contributed by atoms with Crippen molar-refractivity contribution >= 4 is 39.3 Å². The fourth-order valence-electron chi connectivity index (χ4n) is 1.36. The number of carbonyl (C=O) groups excluding carboxylic acids is 1. The highest BCUT2D eigenvalue weighted by atomic mass is 32.2. The second-order valence-corrected chi connectivity index (χ2v) is 6.08. The van der Waals surface area contributed by atoms with Crippen LogP contribution in [0.2, 0.25) is 0 Å². The van der Waals surface area contributed by atoms with Gasteiger partial charge in [0.2, 0.25) is 0 Å². The van der Waals surface area contributed by atoms with Crippen molar-refractivity contribution in [1.29, 1.82) is 0 Å². The molecule has 1 aromatic heterocycles. The van der Waals surface area contributed by atoms with Crippen LogP contribution in [-0.2, 0) is 9.53 Å². The number of aromatic nitrogens is 1. The highest BCUT2D eigenvalue weighted by molar-refractivity contribution is 8.02. The first kappa shape index (κ1) is 12.4. The van der Waals surface area contributed by atoms with E-state index in [1.807, 2.05) is 38.1 Å². The zero-order valence-electron chi connectivity index (χ0n) is 9.67. The summed E-state index contributed by atoms with van der Waals surface area (Å²) in [5.41, 5.74) is 0.982. The molecule has 1 heterocycles. The van der Waals surface area contributed by atoms with E-state index in [1.165, 1.54) is 11.8 Å². The van der Waals surface area contributed by atoms with Gasteiger partial charge in [0.05, 0.1) is 16.8 Å². The quantitative estimate of drug-likeness (QED) is 0.629. The fourth-order valence-corrected chi connectivity index (χ4v) is 3.57. The molecule has 0 unspecified atom stereocenters. The molecule has 5 heteroatoms. The largest absolute Gasteiger partial charge is 0.465 e. The summed E-state index contributed by atoms with van der Waals surface area (Å²) in [6.45, 7) is 4.07. The third kappa shape index (κ3) is 2.98. The number of hydrogen-bond donors (Lipinski definition) is 0. The summed E-state index contributed by atoms with van der Waals surface area (Å²) < 4.78 is 7.02. The second-order valence-electron chi connectivity index (χ2n) is 3.46. The highest BCUT2D eigenvalue weighted by Gasteiger charge is 2.17. The minimum absolute atomic E-state index is 0.184. The molecule has 0 radical (unpaired) electrons. The number of para-hydroxylation sites is 1. The molecule has 0 saturated heterocycles. The van der Waals surface area contributed by atoms with Crippen LogP contribution in [0.25, 0.3) is 10.2 Å². The molecule has 2 aromatic rings. The van der Waals surface area contributed by atoms with Crippen LogP contribution >= 0.6 is 23.1 Å². The van der Waals surface area contributed by atoms with E-state index in [1.54, 1.807) is 11.3 Å². The molecule has 17 heavy (non-hydrogen) atoms. The van der Waals surface area contributed by atoms with Crippen molar-refractivity contribution in [2.24, 2.45) is 0 Å². The minimum atomic E-state index is -0.212. The van der Waals surface area contributed by atoms with Crippen LogP contribution in [0.5, 0.6) is 0 Å². The SMILES string of the molecule is CCOC(=O)[C@@H](C)Sc1nc2ccccc2s1. The minimum Gasteiger partial charge on any atom is -0.465 e. The van der Waals surface area contributed by atoms with Gasteiger partial charge in [-0.3, -0.25) is 4.79 Å². The van der Waals surface area contributed by atoms with Crippen LogP contribution < -0.4 is 0 Å². The van der Waals surface area contributed by atoms with Gasteiger partial charge in [-0.25, -0.2) is 4.98 Å². The Kier molecular flexibility index (Phi) is 4.02. The van der Waals surface area contributed by atoms with Crippen molar-refractivity contribution in [3.05, 3.63) is 24.3 Å². The Morgan fingerprint density at radius 2 is 2.29 bits per heavy atom. The molecule has 1 aromatic carbocycles. The highest BCUT2D eigenvalue weighted by Crippen LogP contribution is 2.32. The first-order valence-electron chi connectivity index (χ1n) is 5.39. The first-order valence-corrected chi connectivity index (χ1v) is 7.09. The van der Waals surface area contributed by atoms with E-state index in [0.717, 1.165) is 14.6 Å². The summed E-state index contributed by atoms with van der Waals surface area (Å²) in [5, 5.41) is -0.212. The molecule has 0 amide bonds. The molecule has 0 N–H and O–H groups in total. The van der Waals surface area contributed by atoms with Gasteiger partial charge in [-0.2, -0.15) is 0 Å². The van der Waals surface area contributed by atoms with E-state index >= 15 is 0 Å². The van der Waals surface area contributed by atoms with Gasteiger partial charge >= 0.3 is 5.97 Å². The molecule has 3 nitrogen and oxygen atoms in total. The van der Waals surface area contributed by atoms with Gasteiger partial charge < -0.3 is 4.74 Å². The molecule has 0 saturated carbocycles. The Labute approximate surface area is 108 Å². The zero-order chi connectivity index (χ0) is 12.3. The number of thioether (sulfide) groups is 1. The molecule has 0 aliphatic heterocycles. The topological polar surface area (TPSA) is 39.2 Å². The summed E-state index contributed by atoms with van der Waals surface area (Å²) in [4.78, 5) is 16.0. The molecular weight excluding hydrogens is 254 g/mol. The fraction of sp³-hybridized carbons (Fsp3) is 0.333. The van der Waals surface area contributed by atoms with Crippen LogP contribution in [0.1, 0.15) is 13.8 Å². The lowest BCUT2D eigenvalue weighted by molar-refractivity contribution is -0.142. The predicted molar refractivity (Wildman–Crippen MR) is 71.6 cm³/mol. The third-order valence-corrected chi connectivity index (χ3v) is 4.38. The maximum atomic E-state index is 11.5. The van der Waals surface area contributed by atoms with E-state index in [9.17, 15) is 4.79 Å². The molecular formula is C12H13NO2S2. The predicted octanol–water partition coefficient (Wildman–Crippen LogP) is 3.34. The van der Waals surface area contributed by atoms with Crippen molar-refractivity contribution in [3.8, 4) is 0 Å². The lowest BCUT2D eigenvalue weighted by Gasteiger charge is -2.07. The van der Waals surface area contributed by atoms with Gasteiger partial charge in [0, 0.05) is 0 Å². The van der Waals surface area contributed by atoms with Gasteiger partial charge in [-0.15, -0.1) is 11.3 Å². The van der Waals surface area contributed by atoms with Crippen molar-refractivity contribution in [2.45, 2.75) is 23.4 Å². The average Bonchev–Trinajstić information content (AvgIpc) is 2.71. The van der Waals surface area contributed by atoms with Crippen LogP contribution in [0.3, 0.4) is 0 Å². The molecule has 0 fully saturated rings. The van der Waals surface area contributed by atoms with Crippen LogP contribution in [0.15, 0.2) is 28.6 Å². The van der Waals surface area contributed by atoms with Crippen molar-refractivity contribution in [1.82, 2.24) is 4.98 Å². The molecule has 0 spiro atoms. The van der Waals surface area contributed by atoms with Gasteiger partial charge in [-0.05, 0) is 26.0 Å². The number of fused-ring (bicyclic) bond motifs is 1. The normalized spacial score (nSPS) is 12.6. The Morgan fingerprint density at radius 3 is 3.00 bits per heavy atom. The lowest BCUT2D eigenvalue weighted by Crippen LogP contribution is -2.16. The van der Waals surface area contributed by atoms with E-state index in [2.05, 4.69) is 4.98 Å². The van der Waals surface area contributed by atoms with Crippen molar-refractivity contribution in [3.63, 3.8) is 0 Å². The van der Waals surface area contributed by atoms with Crippen LogP contribution in [0.4, 0.5) is 0 Å². The number of carbonyl (C=O) groups is 1. The molecule has 0 bridgehead atoms. The van der Waals surface area contributed by atoms with Gasteiger partial charge in [0.25, 0.3) is 0 Å². The molecule has 0 aliphatic rings. The maximum absolute atomic E-state index is 11.5. The van der Waals surface area contributed by atoms with E-state index in [4.69, 9.17) is 4.74 Å². The van der Waals surface area contributed by atoms with Crippen molar-refractivity contribution < 1.29 is 9.53 Å². The number of rotatable bonds is 4. The van der Waals surface area contributed by atoms with Crippen LogP contribution in [-0.4, -0.2) is 22.8 Å². The Bertz CT molecular complexity index is 491. The van der Waals surface area contributed by atoms with Gasteiger partial charge in [-0.1, -0.05) is 23.9 Å². The second kappa shape index (κ2) is 5.51. The van der Waals surface area contributed by atoms with Gasteiger partial charge in [0.15, 0.2) is 4.34 Å². The van der Waals surface area contributed by atoms with E-state index in [0.29, 0.717) is 6.61 Å². The summed E-state index contributed by atoms with van der Waals surface area (Å²) in [6, 6.07) is 7.96. The number of nitrogens with zero attached hydrogens (tertiary/aromatic N) is 1. The van der Waals surface area contributed by atoms with Crippen molar-refractivity contribution in [2.75, 3.05) is 6.61 Å². The average molecular weight is 267 g/mol. The van der Waals surface area contributed by atoms with E-state index in [-0.39, 0.29) is 11.2 Å². The number of thiazole rings is 1. The summed E-state index contributed by atoms with van der Waals surface area (Å²) in [6.07, 6.45) is 0. The van der Waals surface area contributed by atoms with E-state index < -0.39 is 0 Å². The first-order chi connectivity index (χ1) is 8.20. The molecule has 1 atom stereocenters. The monoisotopic (exact) mass is 267 g/mol. The summed E-state index contributed by atoms with van der Waals surface area (Å²) in [7, 11) is 0. The van der Waals surface area contributed by atoms with Crippen LogP contribution in [0, 0.1) is 0 Å². The molecule has 2 rings (SSSR count). The standard InChI is InChI=1S/C12H13NO2S2/c1-3-15-11(14)8(2)16-12-13-9-6-4-5-7-10(9)17-12/h4-8H,3H2,1-2H3/t8-/m1/s1. The van der Waals surface area contributed by atoms with Gasteiger partial charge in [0.1, 0.15) is 5.25 Å². The molecule has 0 aliphatic carbocycles. The number of hydrogen-bond acceptors (Lipinski definition) is 5. The Morgan fingerprint density at radius 1 is 1.53 bits per heavy atom. The Hall–Kier alpha value is -1.07. The number of esters is 1. The lowest BCUT2D eigenvalue weighted by atomic mass is 10.3. The number of ether oxygens (including phenoxy) is 1. The zero-order valence-corrected chi connectivity index (χ0v) is 11.3. The smallest absolute Gasteiger partial charge is 0.319 e. The maximum Gasteiger partial charge on any atom is 0.319 e.